The van der Waals surface area contributed by atoms with Crippen LogP contribution in [0.5, 0.6) is 0 Å². The lowest BCUT2D eigenvalue weighted by atomic mass is 10.1. The highest BCUT2D eigenvalue weighted by molar-refractivity contribution is 6.35. The second-order valence-corrected chi connectivity index (χ2v) is 5.28. The topological polar surface area (TPSA) is 29.1 Å². The van der Waals surface area contributed by atoms with Gasteiger partial charge in [0.1, 0.15) is 11.6 Å². The molecule has 0 radical (unpaired) electrons. The fourth-order valence-electron chi connectivity index (χ4n) is 1.87. The molecule has 1 atom stereocenters. The van der Waals surface area contributed by atoms with Gasteiger partial charge in [-0.3, -0.25) is 4.79 Å². The summed E-state index contributed by atoms with van der Waals surface area (Å²) in [5.74, 6) is -1.87. The number of halogens is 4. The van der Waals surface area contributed by atoms with Crippen LogP contribution in [0.2, 0.25) is 10.0 Å². The zero-order valence-corrected chi connectivity index (χ0v) is 12.5. The summed E-state index contributed by atoms with van der Waals surface area (Å²) in [7, 11) is 0. The van der Waals surface area contributed by atoms with Gasteiger partial charge in [0, 0.05) is 5.02 Å². The molecule has 6 heteroatoms. The molecule has 0 aliphatic rings. The Morgan fingerprint density at radius 1 is 1.10 bits per heavy atom. The van der Waals surface area contributed by atoms with Gasteiger partial charge in [0.05, 0.1) is 16.6 Å². The fourth-order valence-corrected chi connectivity index (χ4v) is 2.41. The highest BCUT2D eigenvalue weighted by Crippen LogP contribution is 2.28. The first-order chi connectivity index (χ1) is 9.90. The Bertz CT molecular complexity index is 691. The first kappa shape index (κ1) is 15.7. The minimum absolute atomic E-state index is 0.0880. The van der Waals surface area contributed by atoms with Crippen LogP contribution in [-0.2, 0) is 0 Å². The van der Waals surface area contributed by atoms with Crippen molar-refractivity contribution in [2.75, 3.05) is 0 Å². The third-order valence-corrected chi connectivity index (χ3v) is 3.59. The highest BCUT2D eigenvalue weighted by atomic mass is 35.5. The van der Waals surface area contributed by atoms with Crippen molar-refractivity contribution in [3.05, 3.63) is 69.2 Å². The predicted molar refractivity (Wildman–Crippen MR) is 78.7 cm³/mol. The summed E-state index contributed by atoms with van der Waals surface area (Å²) < 4.78 is 27.0. The summed E-state index contributed by atoms with van der Waals surface area (Å²) >= 11 is 11.6. The SMILES string of the molecule is C[C@H](NC(=O)c1ccccc1F)c1cc(F)c(Cl)cc1Cl. The van der Waals surface area contributed by atoms with Gasteiger partial charge in [-0.1, -0.05) is 35.3 Å². The van der Waals surface area contributed by atoms with E-state index in [-0.39, 0.29) is 15.6 Å². The molecule has 0 aromatic heterocycles. The summed E-state index contributed by atoms with van der Waals surface area (Å²) in [6.07, 6.45) is 0. The van der Waals surface area contributed by atoms with E-state index in [9.17, 15) is 13.6 Å². The smallest absolute Gasteiger partial charge is 0.254 e. The van der Waals surface area contributed by atoms with Crippen LogP contribution >= 0.6 is 23.2 Å². The second-order valence-electron chi connectivity index (χ2n) is 4.46. The molecule has 0 saturated carbocycles. The quantitative estimate of drug-likeness (QED) is 0.808. The molecular weight excluding hydrogens is 319 g/mol. The molecule has 2 aromatic carbocycles. The van der Waals surface area contributed by atoms with E-state index in [0.29, 0.717) is 5.56 Å². The van der Waals surface area contributed by atoms with Crippen LogP contribution < -0.4 is 5.32 Å². The average Bonchev–Trinajstić information content (AvgIpc) is 2.43. The van der Waals surface area contributed by atoms with Gasteiger partial charge in [0.2, 0.25) is 0 Å². The maximum Gasteiger partial charge on any atom is 0.254 e. The largest absolute Gasteiger partial charge is 0.345 e. The van der Waals surface area contributed by atoms with Crippen LogP contribution in [0.3, 0.4) is 0 Å². The van der Waals surface area contributed by atoms with E-state index in [1.165, 1.54) is 24.3 Å². The van der Waals surface area contributed by atoms with Crippen LogP contribution in [0.25, 0.3) is 0 Å². The highest BCUT2D eigenvalue weighted by Gasteiger charge is 2.18. The molecule has 0 aliphatic heterocycles. The lowest BCUT2D eigenvalue weighted by Gasteiger charge is -2.16. The lowest BCUT2D eigenvalue weighted by molar-refractivity contribution is 0.0936. The van der Waals surface area contributed by atoms with Crippen LogP contribution in [0.15, 0.2) is 36.4 Å². The third-order valence-electron chi connectivity index (χ3n) is 2.97. The molecule has 0 fully saturated rings. The molecule has 0 spiro atoms. The van der Waals surface area contributed by atoms with Crippen molar-refractivity contribution in [3.8, 4) is 0 Å². The van der Waals surface area contributed by atoms with Crippen molar-refractivity contribution in [2.45, 2.75) is 13.0 Å². The number of hydrogen-bond acceptors (Lipinski definition) is 1. The van der Waals surface area contributed by atoms with Crippen molar-refractivity contribution in [1.82, 2.24) is 5.32 Å². The number of amides is 1. The Labute approximate surface area is 130 Å². The Morgan fingerprint density at radius 2 is 1.76 bits per heavy atom. The summed E-state index contributed by atoms with van der Waals surface area (Å²) in [6.45, 7) is 1.62. The van der Waals surface area contributed by atoms with Gasteiger partial charge in [0.15, 0.2) is 0 Å². The third kappa shape index (κ3) is 3.52. The molecule has 2 rings (SSSR count). The molecule has 0 bridgehead atoms. The molecule has 1 amide bonds. The number of carbonyl (C=O) groups excluding carboxylic acids is 1. The van der Waals surface area contributed by atoms with Gasteiger partial charge in [-0.05, 0) is 36.8 Å². The van der Waals surface area contributed by atoms with E-state index in [2.05, 4.69) is 5.32 Å². The van der Waals surface area contributed by atoms with Gasteiger partial charge in [0.25, 0.3) is 5.91 Å². The van der Waals surface area contributed by atoms with E-state index in [0.717, 1.165) is 6.07 Å². The van der Waals surface area contributed by atoms with E-state index >= 15 is 0 Å². The van der Waals surface area contributed by atoms with E-state index in [1.807, 2.05) is 0 Å². The Kier molecular flexibility index (Phi) is 4.80. The summed E-state index contributed by atoms with van der Waals surface area (Å²) in [6, 6.07) is 7.40. The molecular formula is C15H11Cl2F2NO. The van der Waals surface area contributed by atoms with Crippen LogP contribution in [0.4, 0.5) is 8.78 Å². The minimum Gasteiger partial charge on any atom is -0.345 e. The summed E-state index contributed by atoms with van der Waals surface area (Å²) in [4.78, 5) is 12.0. The normalized spacial score (nSPS) is 12.0. The molecule has 0 aliphatic carbocycles. The fraction of sp³-hybridized carbons (Fsp3) is 0.133. The van der Waals surface area contributed by atoms with Gasteiger partial charge in [-0.15, -0.1) is 0 Å². The minimum atomic E-state index is -0.636. The molecule has 21 heavy (non-hydrogen) atoms. The van der Waals surface area contributed by atoms with E-state index in [1.54, 1.807) is 13.0 Å². The molecule has 1 N–H and O–H groups in total. The molecule has 2 nitrogen and oxygen atoms in total. The predicted octanol–water partition coefficient (Wildman–Crippen LogP) is 4.76. The zero-order valence-electron chi connectivity index (χ0n) is 11.0. The zero-order chi connectivity index (χ0) is 15.6. The number of benzene rings is 2. The maximum atomic E-state index is 13.5. The van der Waals surface area contributed by atoms with Gasteiger partial charge in [-0.2, -0.15) is 0 Å². The molecule has 2 aromatic rings. The monoisotopic (exact) mass is 329 g/mol. The molecule has 0 unspecified atom stereocenters. The van der Waals surface area contributed by atoms with Gasteiger partial charge >= 0.3 is 0 Å². The van der Waals surface area contributed by atoms with Crippen molar-refractivity contribution >= 4 is 29.1 Å². The second kappa shape index (κ2) is 6.41. The Balaban J connectivity index is 2.22. The first-order valence-electron chi connectivity index (χ1n) is 6.10. The van der Waals surface area contributed by atoms with Crippen LogP contribution in [0, 0.1) is 11.6 Å². The van der Waals surface area contributed by atoms with Crippen molar-refractivity contribution in [2.24, 2.45) is 0 Å². The number of nitrogens with one attached hydrogen (secondary N) is 1. The molecule has 110 valence electrons. The average molecular weight is 330 g/mol. The number of carbonyl (C=O) groups is 1. The first-order valence-corrected chi connectivity index (χ1v) is 6.85. The van der Waals surface area contributed by atoms with Crippen molar-refractivity contribution < 1.29 is 13.6 Å². The standard InChI is InChI=1S/C15H11Cl2F2NO/c1-8(10-6-14(19)12(17)7-11(10)16)20-15(21)9-4-2-3-5-13(9)18/h2-8H,1H3,(H,20,21)/t8-/m0/s1. The summed E-state index contributed by atoms with van der Waals surface area (Å²) in [5, 5.41) is 2.69. The van der Waals surface area contributed by atoms with Crippen LogP contribution in [-0.4, -0.2) is 5.91 Å². The van der Waals surface area contributed by atoms with Crippen LogP contribution in [0.1, 0.15) is 28.9 Å². The molecule has 0 heterocycles. The van der Waals surface area contributed by atoms with Gasteiger partial charge in [-0.25, -0.2) is 8.78 Å². The number of rotatable bonds is 3. The van der Waals surface area contributed by atoms with Crippen molar-refractivity contribution in [3.63, 3.8) is 0 Å². The summed E-state index contributed by atoms with van der Waals surface area (Å²) in [5.41, 5.74) is 0.276. The maximum absolute atomic E-state index is 13.5. The Morgan fingerprint density at radius 3 is 2.43 bits per heavy atom. The van der Waals surface area contributed by atoms with Gasteiger partial charge < -0.3 is 5.32 Å². The van der Waals surface area contributed by atoms with Crippen molar-refractivity contribution in [1.29, 1.82) is 0 Å². The van der Waals surface area contributed by atoms with E-state index < -0.39 is 23.6 Å². The van der Waals surface area contributed by atoms with E-state index in [4.69, 9.17) is 23.2 Å². The lowest BCUT2D eigenvalue weighted by Crippen LogP contribution is -2.27. The number of hydrogen-bond donors (Lipinski definition) is 1. The Hall–Kier alpha value is -1.65. The molecule has 0 saturated heterocycles.